The highest BCUT2D eigenvalue weighted by atomic mass is 19.3. The van der Waals surface area contributed by atoms with Crippen molar-refractivity contribution in [1.29, 1.82) is 0 Å². The second-order valence-electron chi connectivity index (χ2n) is 2.51. The smallest absolute Gasteiger partial charge is 0.235 e. The second-order valence-corrected chi connectivity index (χ2v) is 2.51. The standard InChI is InChI=1S/C7H6F4N2/c1-4-2-12-6(13-3-4)7(10,11)5(8)9/h2-3,5H,1H3. The molecule has 6 heteroatoms. The predicted octanol–water partition coefficient (Wildman–Crippen LogP) is 2.14. The molecule has 0 radical (unpaired) electrons. The Bertz CT molecular complexity index is 283. The van der Waals surface area contributed by atoms with Crippen LogP contribution in [0.15, 0.2) is 12.4 Å². The number of aromatic nitrogens is 2. The summed E-state index contributed by atoms with van der Waals surface area (Å²) in [4.78, 5) is 6.26. The van der Waals surface area contributed by atoms with Crippen LogP contribution < -0.4 is 0 Å². The molecule has 72 valence electrons. The van der Waals surface area contributed by atoms with Crippen LogP contribution in [0.5, 0.6) is 0 Å². The van der Waals surface area contributed by atoms with Gasteiger partial charge in [0.05, 0.1) is 0 Å². The molecule has 1 heterocycles. The van der Waals surface area contributed by atoms with Crippen LogP contribution in [0.3, 0.4) is 0 Å². The van der Waals surface area contributed by atoms with Gasteiger partial charge in [-0.05, 0) is 12.5 Å². The summed E-state index contributed by atoms with van der Waals surface area (Å²) < 4.78 is 48.6. The van der Waals surface area contributed by atoms with Gasteiger partial charge in [-0.3, -0.25) is 0 Å². The maximum absolute atomic E-state index is 12.5. The number of alkyl halides is 4. The Morgan fingerprint density at radius 1 is 1.23 bits per heavy atom. The largest absolute Gasteiger partial charge is 0.365 e. The lowest BCUT2D eigenvalue weighted by molar-refractivity contribution is -0.141. The van der Waals surface area contributed by atoms with E-state index < -0.39 is 18.2 Å². The van der Waals surface area contributed by atoms with Crippen molar-refractivity contribution in [1.82, 2.24) is 9.97 Å². The first-order chi connectivity index (χ1) is 5.94. The van der Waals surface area contributed by atoms with E-state index in [2.05, 4.69) is 9.97 Å². The van der Waals surface area contributed by atoms with Crippen LogP contribution in [-0.4, -0.2) is 16.4 Å². The fourth-order valence-corrected chi connectivity index (χ4v) is 0.662. The molecule has 13 heavy (non-hydrogen) atoms. The first kappa shape index (κ1) is 9.88. The molecule has 1 rings (SSSR count). The van der Waals surface area contributed by atoms with Crippen LogP contribution in [0.25, 0.3) is 0 Å². The van der Waals surface area contributed by atoms with Gasteiger partial charge in [0, 0.05) is 12.4 Å². The summed E-state index contributed by atoms with van der Waals surface area (Å²) in [5, 5.41) is 0. The third kappa shape index (κ3) is 1.93. The van der Waals surface area contributed by atoms with Gasteiger partial charge >= 0.3 is 12.3 Å². The van der Waals surface area contributed by atoms with Crippen LogP contribution in [0.2, 0.25) is 0 Å². The molecule has 0 atom stereocenters. The zero-order valence-corrected chi connectivity index (χ0v) is 6.64. The molecule has 0 bridgehead atoms. The molecule has 2 nitrogen and oxygen atoms in total. The van der Waals surface area contributed by atoms with Crippen molar-refractivity contribution in [3.8, 4) is 0 Å². The normalized spacial score (nSPS) is 12.2. The SMILES string of the molecule is Cc1cnc(C(F)(F)C(F)F)nc1. The molecule has 0 fully saturated rings. The minimum atomic E-state index is -4.27. The van der Waals surface area contributed by atoms with Crippen LogP contribution in [0, 0.1) is 6.92 Å². The van der Waals surface area contributed by atoms with Gasteiger partial charge < -0.3 is 0 Å². The van der Waals surface area contributed by atoms with Gasteiger partial charge in [0.2, 0.25) is 5.82 Å². The highest BCUT2D eigenvalue weighted by molar-refractivity contribution is 5.05. The molecule has 0 aliphatic rings. The predicted molar refractivity (Wildman–Crippen MR) is 36.7 cm³/mol. The number of hydrogen-bond acceptors (Lipinski definition) is 2. The van der Waals surface area contributed by atoms with E-state index in [0.29, 0.717) is 5.56 Å². The maximum Gasteiger partial charge on any atom is 0.365 e. The second kappa shape index (κ2) is 3.27. The molecular weight excluding hydrogens is 188 g/mol. The van der Waals surface area contributed by atoms with E-state index in [1.165, 1.54) is 0 Å². The molecule has 0 saturated heterocycles. The Morgan fingerprint density at radius 2 is 1.69 bits per heavy atom. The summed E-state index contributed by atoms with van der Waals surface area (Å²) in [6.07, 6.45) is -1.65. The van der Waals surface area contributed by atoms with Gasteiger partial charge in [-0.2, -0.15) is 8.78 Å². The molecular formula is C7H6F4N2. The lowest BCUT2D eigenvalue weighted by atomic mass is 10.3. The van der Waals surface area contributed by atoms with Gasteiger partial charge in [0.1, 0.15) is 0 Å². The van der Waals surface area contributed by atoms with Crippen LogP contribution >= 0.6 is 0 Å². The van der Waals surface area contributed by atoms with Crippen molar-refractivity contribution in [3.63, 3.8) is 0 Å². The summed E-state index contributed by atoms with van der Waals surface area (Å²) in [6, 6.07) is 0. The highest BCUT2D eigenvalue weighted by Crippen LogP contribution is 2.31. The van der Waals surface area contributed by atoms with Gasteiger partial charge in [0.15, 0.2) is 0 Å². The molecule has 0 unspecified atom stereocenters. The molecule has 1 aromatic heterocycles. The van der Waals surface area contributed by atoms with Crippen LogP contribution in [0.1, 0.15) is 11.4 Å². The minimum Gasteiger partial charge on any atom is -0.235 e. The van der Waals surface area contributed by atoms with E-state index in [1.807, 2.05) is 0 Å². The van der Waals surface area contributed by atoms with E-state index >= 15 is 0 Å². The molecule has 0 aromatic carbocycles. The number of halogens is 4. The zero-order valence-electron chi connectivity index (χ0n) is 6.64. The first-order valence-corrected chi connectivity index (χ1v) is 3.39. The van der Waals surface area contributed by atoms with Gasteiger partial charge in [-0.25, -0.2) is 18.7 Å². The van der Waals surface area contributed by atoms with Crippen molar-refractivity contribution in [2.45, 2.75) is 19.3 Å². The third-order valence-corrected chi connectivity index (χ3v) is 1.35. The molecule has 0 spiro atoms. The quantitative estimate of drug-likeness (QED) is 0.674. The van der Waals surface area contributed by atoms with Crippen molar-refractivity contribution in [3.05, 3.63) is 23.8 Å². The fourth-order valence-electron chi connectivity index (χ4n) is 0.662. The van der Waals surface area contributed by atoms with Gasteiger partial charge in [0.25, 0.3) is 0 Å². The fraction of sp³-hybridized carbons (Fsp3) is 0.429. The Balaban J connectivity index is 3.01. The van der Waals surface area contributed by atoms with E-state index in [1.54, 1.807) is 6.92 Å². The zero-order chi connectivity index (χ0) is 10.1. The van der Waals surface area contributed by atoms with E-state index in [0.717, 1.165) is 12.4 Å². The maximum atomic E-state index is 12.5. The summed E-state index contributed by atoms with van der Waals surface area (Å²) in [6.45, 7) is 1.57. The lowest BCUT2D eigenvalue weighted by Gasteiger charge is -2.12. The molecule has 0 saturated carbocycles. The first-order valence-electron chi connectivity index (χ1n) is 3.39. The van der Waals surface area contributed by atoms with Crippen molar-refractivity contribution >= 4 is 0 Å². The number of aryl methyl sites for hydroxylation is 1. The van der Waals surface area contributed by atoms with Gasteiger partial charge in [-0.15, -0.1) is 0 Å². The molecule has 0 aliphatic carbocycles. The topological polar surface area (TPSA) is 25.8 Å². The molecule has 1 aromatic rings. The Hall–Kier alpha value is -1.20. The number of hydrogen-bond donors (Lipinski definition) is 0. The van der Waals surface area contributed by atoms with E-state index in [-0.39, 0.29) is 0 Å². The van der Waals surface area contributed by atoms with Crippen LogP contribution in [-0.2, 0) is 5.92 Å². The van der Waals surface area contributed by atoms with E-state index in [9.17, 15) is 17.6 Å². The van der Waals surface area contributed by atoms with Crippen LogP contribution in [0.4, 0.5) is 17.6 Å². The average Bonchev–Trinajstić information content (AvgIpc) is 2.04. The van der Waals surface area contributed by atoms with Gasteiger partial charge in [-0.1, -0.05) is 0 Å². The molecule has 0 N–H and O–H groups in total. The van der Waals surface area contributed by atoms with Crippen molar-refractivity contribution < 1.29 is 17.6 Å². The highest BCUT2D eigenvalue weighted by Gasteiger charge is 2.45. The molecule has 0 aliphatic heterocycles. The summed E-state index contributed by atoms with van der Waals surface area (Å²) in [5.74, 6) is -5.42. The van der Waals surface area contributed by atoms with Crippen molar-refractivity contribution in [2.24, 2.45) is 0 Å². The number of nitrogens with zero attached hydrogens (tertiary/aromatic N) is 2. The Kier molecular flexibility index (Phi) is 2.49. The number of rotatable bonds is 2. The van der Waals surface area contributed by atoms with Crippen molar-refractivity contribution in [2.75, 3.05) is 0 Å². The molecule has 0 amide bonds. The minimum absolute atomic E-state index is 0.536. The summed E-state index contributed by atoms with van der Waals surface area (Å²) in [7, 11) is 0. The average molecular weight is 194 g/mol. The lowest BCUT2D eigenvalue weighted by Crippen LogP contribution is -2.26. The third-order valence-electron chi connectivity index (χ3n) is 1.35. The monoisotopic (exact) mass is 194 g/mol. The van der Waals surface area contributed by atoms with E-state index in [4.69, 9.17) is 0 Å². The Labute approximate surface area is 71.6 Å². The summed E-state index contributed by atoms with van der Waals surface area (Å²) >= 11 is 0. The summed E-state index contributed by atoms with van der Waals surface area (Å²) in [5.41, 5.74) is 0.536. The Morgan fingerprint density at radius 3 is 2.08 bits per heavy atom.